The van der Waals surface area contributed by atoms with Crippen LogP contribution in [0.5, 0.6) is 0 Å². The molecule has 0 aliphatic carbocycles. The summed E-state index contributed by atoms with van der Waals surface area (Å²) in [7, 11) is -3.70. The Kier molecular flexibility index (Phi) is 7.72. The zero-order valence-corrected chi connectivity index (χ0v) is 18.1. The molecule has 8 nitrogen and oxygen atoms in total. The van der Waals surface area contributed by atoms with Crippen molar-refractivity contribution in [3.63, 3.8) is 0 Å². The third-order valence-electron chi connectivity index (χ3n) is 4.77. The second-order valence-electron chi connectivity index (χ2n) is 7.08. The van der Waals surface area contributed by atoms with Crippen LogP contribution in [0.3, 0.4) is 0 Å². The molecule has 1 aliphatic heterocycles. The molecular weight excluding hydrogens is 465 g/mol. The Labute approximate surface area is 188 Å². The summed E-state index contributed by atoms with van der Waals surface area (Å²) in [5.74, 6) is -1.53. The lowest BCUT2D eigenvalue weighted by atomic mass is 10.1. The molecule has 1 saturated heterocycles. The normalized spacial score (nSPS) is 15.1. The van der Waals surface area contributed by atoms with Gasteiger partial charge in [0.05, 0.1) is 23.7 Å². The van der Waals surface area contributed by atoms with Crippen LogP contribution in [0.4, 0.5) is 13.2 Å². The van der Waals surface area contributed by atoms with Crippen molar-refractivity contribution in [3.05, 3.63) is 65.2 Å². The van der Waals surface area contributed by atoms with Crippen LogP contribution < -0.4 is 5.32 Å². The van der Waals surface area contributed by atoms with Gasteiger partial charge in [-0.2, -0.15) is 17.5 Å². The summed E-state index contributed by atoms with van der Waals surface area (Å²) in [6.07, 6.45) is -4.52. The average Bonchev–Trinajstić information content (AvgIpc) is 2.81. The standard InChI is InChI=1S/C21H21F3N2O6S/c22-21(23,24)17-6-4-16(5-7-17)20(28)25-13-19(27)32-14-15-2-1-3-18(12-15)33(29,30)26-8-10-31-11-9-26/h1-7,12H,8-11,13-14H2,(H,25,28). The summed E-state index contributed by atoms with van der Waals surface area (Å²) >= 11 is 0. The fraction of sp³-hybridized carbons (Fsp3) is 0.333. The van der Waals surface area contributed by atoms with Crippen LogP contribution in [0.2, 0.25) is 0 Å². The number of nitrogens with zero attached hydrogens (tertiary/aromatic N) is 1. The van der Waals surface area contributed by atoms with Crippen LogP contribution in [-0.2, 0) is 37.1 Å². The number of benzene rings is 2. The van der Waals surface area contributed by atoms with E-state index in [1.807, 2.05) is 0 Å². The van der Waals surface area contributed by atoms with Gasteiger partial charge >= 0.3 is 12.1 Å². The topological polar surface area (TPSA) is 102 Å². The number of alkyl halides is 3. The van der Waals surface area contributed by atoms with Crippen LogP contribution >= 0.6 is 0 Å². The van der Waals surface area contributed by atoms with E-state index < -0.39 is 40.2 Å². The Morgan fingerprint density at radius 2 is 1.73 bits per heavy atom. The molecule has 1 aliphatic rings. The lowest BCUT2D eigenvalue weighted by Crippen LogP contribution is -2.40. The molecule has 1 amide bonds. The first-order valence-corrected chi connectivity index (χ1v) is 11.3. The summed E-state index contributed by atoms with van der Waals surface area (Å²) in [6, 6.07) is 9.51. The van der Waals surface area contributed by atoms with Gasteiger partial charge in [0.15, 0.2) is 0 Å². The first-order valence-electron chi connectivity index (χ1n) is 9.85. The number of hydrogen-bond donors (Lipinski definition) is 1. The quantitative estimate of drug-likeness (QED) is 0.602. The number of hydrogen-bond acceptors (Lipinski definition) is 6. The van der Waals surface area contributed by atoms with Crippen LogP contribution in [-0.4, -0.2) is 57.4 Å². The Hall–Kier alpha value is -2.96. The molecule has 3 rings (SSSR count). The molecule has 1 heterocycles. The number of nitrogens with one attached hydrogen (secondary N) is 1. The molecule has 0 atom stereocenters. The van der Waals surface area contributed by atoms with Crippen molar-refractivity contribution in [2.45, 2.75) is 17.7 Å². The maximum Gasteiger partial charge on any atom is 0.416 e. The minimum Gasteiger partial charge on any atom is -0.460 e. The van der Waals surface area contributed by atoms with Gasteiger partial charge in [-0.15, -0.1) is 0 Å². The number of carbonyl (C=O) groups excluding carboxylic acids is 2. The van der Waals surface area contributed by atoms with Gasteiger partial charge in [0.2, 0.25) is 10.0 Å². The summed E-state index contributed by atoms with van der Waals surface area (Å²) in [5.41, 5.74) is -0.500. The van der Waals surface area contributed by atoms with E-state index in [4.69, 9.17) is 9.47 Å². The van der Waals surface area contributed by atoms with E-state index in [-0.39, 0.29) is 30.2 Å². The molecule has 0 unspecified atom stereocenters. The van der Waals surface area contributed by atoms with E-state index in [2.05, 4.69) is 5.32 Å². The number of morpholine rings is 1. The van der Waals surface area contributed by atoms with Crippen LogP contribution in [0.1, 0.15) is 21.5 Å². The summed E-state index contributed by atoms with van der Waals surface area (Å²) in [6.45, 7) is 0.400. The Morgan fingerprint density at radius 3 is 2.36 bits per heavy atom. The SMILES string of the molecule is O=C(CNC(=O)c1ccc(C(F)(F)F)cc1)OCc1cccc(S(=O)(=O)N2CCOCC2)c1. The van der Waals surface area contributed by atoms with Crippen molar-refractivity contribution < 1.29 is 40.7 Å². The van der Waals surface area contributed by atoms with Gasteiger partial charge < -0.3 is 14.8 Å². The fourth-order valence-electron chi connectivity index (χ4n) is 3.01. The highest BCUT2D eigenvalue weighted by atomic mass is 32.2. The summed E-state index contributed by atoms with van der Waals surface area (Å²) < 4.78 is 74.7. The van der Waals surface area contributed by atoms with Gasteiger partial charge in [0.1, 0.15) is 13.2 Å². The van der Waals surface area contributed by atoms with Gasteiger partial charge in [-0.3, -0.25) is 9.59 Å². The monoisotopic (exact) mass is 486 g/mol. The Morgan fingerprint density at radius 1 is 1.06 bits per heavy atom. The van der Waals surface area contributed by atoms with Crippen LogP contribution in [0.25, 0.3) is 0 Å². The fourth-order valence-corrected chi connectivity index (χ4v) is 4.49. The zero-order chi connectivity index (χ0) is 24.1. The maximum atomic E-state index is 12.7. The van der Waals surface area contributed by atoms with Gasteiger partial charge in [0.25, 0.3) is 5.91 Å². The Bertz CT molecular complexity index is 1100. The van der Waals surface area contributed by atoms with Crippen LogP contribution in [0.15, 0.2) is 53.4 Å². The van der Waals surface area contributed by atoms with Crippen molar-refractivity contribution >= 4 is 21.9 Å². The molecule has 2 aromatic carbocycles. The first kappa shape index (κ1) is 24.7. The highest BCUT2D eigenvalue weighted by Crippen LogP contribution is 2.29. The number of esters is 1. The smallest absolute Gasteiger partial charge is 0.416 e. The second kappa shape index (κ2) is 10.3. The number of halogens is 3. The van der Waals surface area contributed by atoms with Gasteiger partial charge in [-0.05, 0) is 42.0 Å². The summed E-state index contributed by atoms with van der Waals surface area (Å²) in [4.78, 5) is 24.0. The highest BCUT2D eigenvalue weighted by molar-refractivity contribution is 7.89. The van der Waals surface area contributed by atoms with Gasteiger partial charge in [-0.1, -0.05) is 12.1 Å². The minimum atomic E-state index is -4.52. The average molecular weight is 486 g/mol. The molecule has 2 aromatic rings. The predicted molar refractivity (Wildman–Crippen MR) is 110 cm³/mol. The first-order chi connectivity index (χ1) is 15.6. The van der Waals surface area contributed by atoms with Crippen molar-refractivity contribution in [2.75, 3.05) is 32.8 Å². The van der Waals surface area contributed by atoms with E-state index in [9.17, 15) is 31.2 Å². The van der Waals surface area contributed by atoms with Gasteiger partial charge in [0, 0.05) is 18.7 Å². The third kappa shape index (κ3) is 6.53. The molecule has 0 radical (unpaired) electrons. The van der Waals surface area contributed by atoms with E-state index in [1.54, 1.807) is 6.07 Å². The molecule has 0 saturated carbocycles. The number of carbonyl (C=O) groups is 2. The van der Waals surface area contributed by atoms with Crippen molar-refractivity contribution in [2.24, 2.45) is 0 Å². The Balaban J connectivity index is 1.52. The molecule has 1 N–H and O–H groups in total. The van der Waals surface area contributed by atoms with E-state index in [0.29, 0.717) is 18.8 Å². The van der Waals surface area contributed by atoms with Crippen molar-refractivity contribution in [1.82, 2.24) is 9.62 Å². The third-order valence-corrected chi connectivity index (χ3v) is 6.67. The molecule has 0 spiro atoms. The summed E-state index contributed by atoms with van der Waals surface area (Å²) in [5, 5.41) is 2.26. The predicted octanol–water partition coefficient (Wildman–Crippen LogP) is 2.20. The van der Waals surface area contributed by atoms with Crippen molar-refractivity contribution in [1.29, 1.82) is 0 Å². The number of ether oxygens (including phenoxy) is 2. The maximum absolute atomic E-state index is 12.7. The largest absolute Gasteiger partial charge is 0.460 e. The number of rotatable bonds is 7. The van der Waals surface area contributed by atoms with E-state index in [0.717, 1.165) is 24.3 Å². The second-order valence-corrected chi connectivity index (χ2v) is 9.02. The molecular formula is C21H21F3N2O6S. The van der Waals surface area contributed by atoms with E-state index >= 15 is 0 Å². The van der Waals surface area contributed by atoms with E-state index in [1.165, 1.54) is 22.5 Å². The van der Waals surface area contributed by atoms with Crippen LogP contribution in [0, 0.1) is 0 Å². The lowest BCUT2D eigenvalue weighted by molar-refractivity contribution is -0.143. The minimum absolute atomic E-state index is 0.0446. The molecule has 1 fully saturated rings. The lowest BCUT2D eigenvalue weighted by Gasteiger charge is -2.26. The van der Waals surface area contributed by atoms with Crippen molar-refractivity contribution in [3.8, 4) is 0 Å². The molecule has 0 aromatic heterocycles. The molecule has 12 heteroatoms. The molecule has 0 bridgehead atoms. The molecule has 178 valence electrons. The zero-order valence-electron chi connectivity index (χ0n) is 17.3. The number of sulfonamides is 1. The van der Waals surface area contributed by atoms with Gasteiger partial charge in [-0.25, -0.2) is 8.42 Å². The highest BCUT2D eigenvalue weighted by Gasteiger charge is 2.30. The number of amides is 1. The molecule has 33 heavy (non-hydrogen) atoms.